The number of aromatic nitrogens is 5. The fourth-order valence-corrected chi connectivity index (χ4v) is 9.37. The Morgan fingerprint density at radius 3 is 1.04 bits per heavy atom. The highest BCUT2D eigenvalue weighted by Crippen LogP contribution is 2.51. The van der Waals surface area contributed by atoms with Crippen molar-refractivity contribution in [2.75, 3.05) is 9.80 Å². The van der Waals surface area contributed by atoms with Crippen LogP contribution in [0.25, 0.3) is 61.7 Å². The molecule has 7 nitrogen and oxygen atoms in total. The maximum Gasteiger partial charge on any atom is 0.160 e. The van der Waals surface area contributed by atoms with Crippen molar-refractivity contribution in [2.24, 2.45) is 0 Å². The van der Waals surface area contributed by atoms with E-state index in [0.717, 1.165) is 101 Å². The predicted octanol–water partition coefficient (Wildman–Crippen LogP) is 16.9. The molecule has 0 saturated carbocycles. The molecular weight excluding hydrogens is 867 g/mol. The molecule has 0 spiro atoms. The van der Waals surface area contributed by atoms with Gasteiger partial charge in [-0.25, -0.2) is 19.9 Å². The molecule has 0 bridgehead atoms. The molecule has 0 fully saturated rings. The zero-order valence-corrected chi connectivity index (χ0v) is 41.0. The van der Waals surface area contributed by atoms with E-state index in [1.807, 2.05) is 24.3 Å². The van der Waals surface area contributed by atoms with Gasteiger partial charge in [-0.15, -0.1) is 0 Å². The van der Waals surface area contributed by atoms with Crippen LogP contribution in [0.1, 0.15) is 52.9 Å². The number of nitrogens with zero attached hydrogens (tertiary/aromatic N) is 7. The van der Waals surface area contributed by atoms with Gasteiger partial charge in [-0.1, -0.05) is 175 Å². The number of anilines is 6. The fraction of sp³-hybridized carbons (Fsp3) is 0.125. The highest BCUT2D eigenvalue weighted by atomic mass is 15.2. The Bertz CT molecular complexity index is 3330. The standard InChI is InChI=1S/C64H55N7/c1-63(2,3)57-39-37-53-59(67-57)60-54(38-40-58(68-60)64(4,5)6)71(53)61-55(69(47-29-17-9-18-30-47)48-31-19-10-20-32-48)41-46(42-56(61)70(49-33-21-11-22-34-49)50-35-23-12-24-36-50)52-43-51(44-25-13-7-14-26-44)65-62(66-52)45-27-15-8-16-28-45/h7-43H,1-6H3. The van der Waals surface area contributed by atoms with Gasteiger partial charge >= 0.3 is 0 Å². The molecule has 11 rings (SSSR count). The van der Waals surface area contributed by atoms with E-state index in [1.54, 1.807) is 0 Å². The minimum absolute atomic E-state index is 0.203. The topological polar surface area (TPSA) is 63.0 Å². The molecule has 0 aliphatic heterocycles. The van der Waals surface area contributed by atoms with Crippen LogP contribution < -0.4 is 9.80 Å². The molecule has 0 aliphatic rings. The van der Waals surface area contributed by atoms with Gasteiger partial charge in [0.05, 0.1) is 39.5 Å². The number of rotatable bonds is 10. The lowest BCUT2D eigenvalue weighted by atomic mass is 9.91. The Labute approximate surface area is 416 Å². The summed E-state index contributed by atoms with van der Waals surface area (Å²) in [6, 6.07) is 78.8. The van der Waals surface area contributed by atoms with Gasteiger partial charge in [0, 0.05) is 61.7 Å². The predicted molar refractivity (Wildman–Crippen MR) is 295 cm³/mol. The summed E-state index contributed by atoms with van der Waals surface area (Å²) in [6.07, 6.45) is 0. The molecule has 0 amide bonds. The second kappa shape index (κ2) is 18.3. The first-order chi connectivity index (χ1) is 34.5. The van der Waals surface area contributed by atoms with Crippen LogP contribution in [0.5, 0.6) is 0 Å². The number of hydrogen-bond acceptors (Lipinski definition) is 6. The largest absolute Gasteiger partial charge is 0.308 e. The van der Waals surface area contributed by atoms with E-state index in [9.17, 15) is 0 Å². The van der Waals surface area contributed by atoms with E-state index < -0.39 is 0 Å². The summed E-state index contributed by atoms with van der Waals surface area (Å²) in [4.78, 5) is 26.5. The highest BCUT2D eigenvalue weighted by molar-refractivity contribution is 6.08. The van der Waals surface area contributed by atoms with Crippen molar-refractivity contribution in [3.05, 3.63) is 236 Å². The summed E-state index contributed by atoms with van der Waals surface area (Å²) in [5.74, 6) is 0.643. The summed E-state index contributed by atoms with van der Waals surface area (Å²) in [5, 5.41) is 0. The summed E-state index contributed by atoms with van der Waals surface area (Å²) in [6.45, 7) is 13.3. The monoisotopic (exact) mass is 921 g/mol. The van der Waals surface area contributed by atoms with Gasteiger partial charge in [-0.05, 0) is 91.0 Å². The molecule has 11 aromatic rings. The molecule has 0 saturated heterocycles. The molecule has 0 atom stereocenters. The second-order valence-corrected chi connectivity index (χ2v) is 20.0. The van der Waals surface area contributed by atoms with E-state index in [1.165, 1.54) is 0 Å². The first-order valence-corrected chi connectivity index (χ1v) is 24.3. The van der Waals surface area contributed by atoms with E-state index in [2.05, 4.69) is 256 Å². The van der Waals surface area contributed by atoms with Crippen molar-refractivity contribution in [3.63, 3.8) is 0 Å². The van der Waals surface area contributed by atoms with Crippen molar-refractivity contribution in [1.29, 1.82) is 0 Å². The van der Waals surface area contributed by atoms with Crippen LogP contribution in [0.15, 0.2) is 224 Å². The van der Waals surface area contributed by atoms with Gasteiger partial charge < -0.3 is 14.4 Å². The third kappa shape index (κ3) is 8.72. The molecule has 4 heterocycles. The molecule has 0 aliphatic carbocycles. The average Bonchev–Trinajstić information content (AvgIpc) is 3.72. The van der Waals surface area contributed by atoms with Crippen molar-refractivity contribution >= 4 is 56.2 Å². The Morgan fingerprint density at radius 1 is 0.338 bits per heavy atom. The average molecular weight is 922 g/mol. The van der Waals surface area contributed by atoms with E-state index >= 15 is 0 Å². The molecule has 7 aromatic carbocycles. The first-order valence-electron chi connectivity index (χ1n) is 24.3. The van der Waals surface area contributed by atoms with E-state index in [4.69, 9.17) is 19.9 Å². The lowest BCUT2D eigenvalue weighted by Gasteiger charge is -2.34. The molecular formula is C64H55N7. The highest BCUT2D eigenvalue weighted by Gasteiger charge is 2.31. The number of pyridine rings is 2. The van der Waals surface area contributed by atoms with E-state index in [-0.39, 0.29) is 10.8 Å². The van der Waals surface area contributed by atoms with Gasteiger partial charge in [0.15, 0.2) is 5.82 Å². The first kappa shape index (κ1) is 44.8. The summed E-state index contributed by atoms with van der Waals surface area (Å²) in [5.41, 5.74) is 16.4. The maximum atomic E-state index is 5.54. The van der Waals surface area contributed by atoms with Gasteiger partial charge in [0.25, 0.3) is 0 Å². The molecule has 4 aromatic heterocycles. The minimum Gasteiger partial charge on any atom is -0.308 e. The van der Waals surface area contributed by atoms with Crippen LogP contribution in [0, 0.1) is 0 Å². The second-order valence-electron chi connectivity index (χ2n) is 20.0. The molecule has 0 radical (unpaired) electrons. The Hall–Kier alpha value is -8.68. The Balaban J connectivity index is 1.35. The molecule has 346 valence electrons. The summed E-state index contributed by atoms with van der Waals surface area (Å²) < 4.78 is 2.40. The van der Waals surface area contributed by atoms with Crippen molar-refractivity contribution in [2.45, 2.75) is 52.4 Å². The van der Waals surface area contributed by atoms with Crippen molar-refractivity contribution in [3.8, 4) is 39.6 Å². The molecule has 7 heteroatoms. The van der Waals surface area contributed by atoms with Crippen molar-refractivity contribution in [1.82, 2.24) is 24.5 Å². The SMILES string of the molecule is CC(C)(C)c1ccc2c(n1)c1nc(C(C)(C)C)ccc1n2-c1c(N(c2ccccc2)c2ccccc2)cc(-c2cc(-c3ccccc3)nc(-c3ccccc3)n2)cc1N(c1ccccc1)c1ccccc1. The van der Waals surface area contributed by atoms with Crippen LogP contribution >= 0.6 is 0 Å². The van der Waals surface area contributed by atoms with Crippen LogP contribution in [0.2, 0.25) is 0 Å². The van der Waals surface area contributed by atoms with Gasteiger partial charge in [0.2, 0.25) is 0 Å². The molecule has 0 N–H and O–H groups in total. The third-order valence-corrected chi connectivity index (χ3v) is 12.9. The summed E-state index contributed by atoms with van der Waals surface area (Å²) in [7, 11) is 0. The van der Waals surface area contributed by atoms with Gasteiger partial charge in [-0.2, -0.15) is 0 Å². The molecule has 0 unspecified atom stereocenters. The smallest absolute Gasteiger partial charge is 0.160 e. The summed E-state index contributed by atoms with van der Waals surface area (Å²) >= 11 is 0. The van der Waals surface area contributed by atoms with E-state index in [0.29, 0.717) is 5.82 Å². The van der Waals surface area contributed by atoms with Crippen LogP contribution in [0.4, 0.5) is 34.1 Å². The maximum absolute atomic E-state index is 5.54. The number of para-hydroxylation sites is 4. The quantitative estimate of drug-likeness (QED) is 0.136. The van der Waals surface area contributed by atoms with Crippen LogP contribution in [-0.2, 0) is 10.8 Å². The van der Waals surface area contributed by atoms with Crippen LogP contribution in [0.3, 0.4) is 0 Å². The molecule has 71 heavy (non-hydrogen) atoms. The van der Waals surface area contributed by atoms with Gasteiger partial charge in [-0.3, -0.25) is 0 Å². The lowest BCUT2D eigenvalue weighted by Crippen LogP contribution is -2.18. The number of hydrogen-bond donors (Lipinski definition) is 0. The zero-order chi connectivity index (χ0) is 48.7. The number of fused-ring (bicyclic) bond motifs is 3. The van der Waals surface area contributed by atoms with Gasteiger partial charge in [0.1, 0.15) is 11.0 Å². The minimum atomic E-state index is -0.203. The van der Waals surface area contributed by atoms with Crippen LogP contribution in [-0.4, -0.2) is 24.5 Å². The van der Waals surface area contributed by atoms with Crippen molar-refractivity contribution < 1.29 is 0 Å². The zero-order valence-electron chi connectivity index (χ0n) is 41.0. The normalized spacial score (nSPS) is 11.8. The third-order valence-electron chi connectivity index (χ3n) is 12.9. The Kier molecular flexibility index (Phi) is 11.6. The fourth-order valence-electron chi connectivity index (χ4n) is 9.37. The lowest BCUT2D eigenvalue weighted by molar-refractivity contribution is 0.570. The Morgan fingerprint density at radius 2 is 0.676 bits per heavy atom. The number of benzene rings is 7.